The summed E-state index contributed by atoms with van der Waals surface area (Å²) < 4.78 is 0. The molecule has 3 rings (SSSR count). The Balaban J connectivity index is 1.91. The molecule has 4 nitrogen and oxygen atoms in total. The highest BCUT2D eigenvalue weighted by Crippen LogP contribution is 2.38. The minimum absolute atomic E-state index is 0.0125. The smallest absolute Gasteiger partial charge is 0.230 e. The molecule has 1 aliphatic rings. The lowest BCUT2D eigenvalue weighted by atomic mass is 9.92. The molecular weight excluding hydrogens is 324 g/mol. The van der Waals surface area contributed by atoms with Crippen molar-refractivity contribution < 1.29 is 9.59 Å². The molecule has 2 aromatic carbocycles. The van der Waals surface area contributed by atoms with E-state index in [1.54, 1.807) is 11.9 Å². The third-order valence-corrected chi connectivity index (χ3v) is 5.31. The Morgan fingerprint density at radius 1 is 1.04 bits per heavy atom. The number of nitrogens with zero attached hydrogens (tertiary/aromatic N) is 1. The highest BCUT2D eigenvalue weighted by molar-refractivity contribution is 5.99. The van der Waals surface area contributed by atoms with Crippen LogP contribution in [0.3, 0.4) is 0 Å². The van der Waals surface area contributed by atoms with Gasteiger partial charge >= 0.3 is 0 Å². The molecule has 2 aromatic rings. The normalized spacial score (nSPS) is 19.7. The van der Waals surface area contributed by atoms with Crippen LogP contribution in [-0.4, -0.2) is 23.8 Å². The molecule has 1 heterocycles. The SMILES string of the molecule is CCc1cccc(CC)c1NC(=O)[C@H]1CC(=O)N(C)[C@@H]1c1ccccc1. The third kappa shape index (κ3) is 3.36. The minimum atomic E-state index is -0.385. The Bertz CT molecular complexity index is 779. The molecule has 0 radical (unpaired) electrons. The summed E-state index contributed by atoms with van der Waals surface area (Å²) in [5, 5.41) is 3.15. The molecule has 136 valence electrons. The number of anilines is 1. The van der Waals surface area contributed by atoms with Gasteiger partial charge in [-0.15, -0.1) is 0 Å². The van der Waals surface area contributed by atoms with E-state index < -0.39 is 0 Å². The topological polar surface area (TPSA) is 49.4 Å². The van der Waals surface area contributed by atoms with E-state index in [9.17, 15) is 9.59 Å². The van der Waals surface area contributed by atoms with Gasteiger partial charge in [-0.3, -0.25) is 9.59 Å². The first kappa shape index (κ1) is 18.2. The number of hydrogen-bond donors (Lipinski definition) is 1. The second-order valence-electron chi connectivity index (χ2n) is 6.82. The van der Waals surface area contributed by atoms with Crippen LogP contribution in [0.2, 0.25) is 0 Å². The van der Waals surface area contributed by atoms with Crippen LogP contribution in [0.15, 0.2) is 48.5 Å². The van der Waals surface area contributed by atoms with Crippen molar-refractivity contribution in [2.75, 3.05) is 12.4 Å². The first-order valence-electron chi connectivity index (χ1n) is 9.29. The van der Waals surface area contributed by atoms with Gasteiger partial charge in [0.05, 0.1) is 12.0 Å². The summed E-state index contributed by atoms with van der Waals surface area (Å²) in [4.78, 5) is 27.2. The molecule has 1 saturated heterocycles. The maximum atomic E-state index is 13.1. The fraction of sp³-hybridized carbons (Fsp3) is 0.364. The molecule has 1 N–H and O–H groups in total. The standard InChI is InChI=1S/C22H26N2O2/c1-4-15-12-9-13-16(5-2)20(15)23-22(26)18-14-19(25)24(3)21(18)17-10-7-6-8-11-17/h6-13,18,21H,4-5,14H2,1-3H3,(H,23,26)/t18-,21+/m0/s1. The summed E-state index contributed by atoms with van der Waals surface area (Å²) in [6.07, 6.45) is 1.96. The van der Waals surface area contributed by atoms with Crippen molar-refractivity contribution in [2.45, 2.75) is 39.2 Å². The molecule has 0 saturated carbocycles. The van der Waals surface area contributed by atoms with E-state index in [0.717, 1.165) is 35.2 Å². The number of likely N-dealkylation sites (tertiary alicyclic amines) is 1. The Kier molecular flexibility index (Phi) is 5.40. The number of aryl methyl sites for hydroxylation is 2. The van der Waals surface area contributed by atoms with Gasteiger partial charge in [-0.05, 0) is 29.5 Å². The summed E-state index contributed by atoms with van der Waals surface area (Å²) >= 11 is 0. The Morgan fingerprint density at radius 3 is 2.23 bits per heavy atom. The van der Waals surface area contributed by atoms with E-state index in [4.69, 9.17) is 0 Å². The summed E-state index contributed by atoms with van der Waals surface area (Å²) in [6, 6.07) is 15.7. The Morgan fingerprint density at radius 2 is 1.65 bits per heavy atom. The van der Waals surface area contributed by atoms with E-state index in [1.807, 2.05) is 36.4 Å². The fourth-order valence-corrected chi connectivity index (χ4v) is 3.83. The monoisotopic (exact) mass is 350 g/mol. The molecule has 0 aliphatic carbocycles. The van der Waals surface area contributed by atoms with Gasteiger partial charge in [0.25, 0.3) is 0 Å². The zero-order valence-corrected chi connectivity index (χ0v) is 15.7. The third-order valence-electron chi connectivity index (χ3n) is 5.31. The predicted octanol–water partition coefficient (Wildman–Crippen LogP) is 3.97. The first-order valence-corrected chi connectivity index (χ1v) is 9.29. The average Bonchev–Trinajstić information content (AvgIpc) is 2.97. The quantitative estimate of drug-likeness (QED) is 0.887. The maximum Gasteiger partial charge on any atom is 0.230 e. The van der Waals surface area contributed by atoms with E-state index in [1.165, 1.54) is 0 Å². The minimum Gasteiger partial charge on any atom is -0.338 e. The number of para-hydroxylation sites is 1. The second-order valence-corrected chi connectivity index (χ2v) is 6.82. The Hall–Kier alpha value is -2.62. The van der Waals surface area contributed by atoms with Crippen LogP contribution in [0.1, 0.15) is 43.0 Å². The maximum absolute atomic E-state index is 13.1. The first-order chi connectivity index (χ1) is 12.6. The van der Waals surface area contributed by atoms with Crippen molar-refractivity contribution in [2.24, 2.45) is 5.92 Å². The van der Waals surface area contributed by atoms with E-state index in [-0.39, 0.29) is 30.2 Å². The molecule has 2 amide bonds. The zero-order chi connectivity index (χ0) is 18.7. The molecule has 0 aromatic heterocycles. The van der Waals surface area contributed by atoms with Gasteiger partial charge < -0.3 is 10.2 Å². The van der Waals surface area contributed by atoms with Crippen LogP contribution in [0.5, 0.6) is 0 Å². The molecule has 26 heavy (non-hydrogen) atoms. The number of nitrogens with one attached hydrogen (secondary N) is 1. The number of carbonyl (C=O) groups excluding carboxylic acids is 2. The van der Waals surface area contributed by atoms with Crippen molar-refractivity contribution >= 4 is 17.5 Å². The summed E-state index contributed by atoms with van der Waals surface area (Å²) in [5.41, 5.74) is 4.18. The van der Waals surface area contributed by atoms with Crippen molar-refractivity contribution in [1.82, 2.24) is 4.90 Å². The van der Waals surface area contributed by atoms with Crippen molar-refractivity contribution in [1.29, 1.82) is 0 Å². The molecular formula is C22H26N2O2. The van der Waals surface area contributed by atoms with Gasteiger partial charge in [0.2, 0.25) is 11.8 Å². The molecule has 4 heteroatoms. The number of rotatable bonds is 5. The second kappa shape index (κ2) is 7.73. The van der Waals surface area contributed by atoms with E-state index in [2.05, 4.69) is 31.3 Å². The molecule has 0 spiro atoms. The van der Waals surface area contributed by atoms with Gasteiger partial charge in [0, 0.05) is 19.2 Å². The molecule has 1 aliphatic heterocycles. The average molecular weight is 350 g/mol. The molecule has 2 atom stereocenters. The molecule has 0 bridgehead atoms. The van der Waals surface area contributed by atoms with Crippen LogP contribution < -0.4 is 5.32 Å². The number of benzene rings is 2. The zero-order valence-electron chi connectivity index (χ0n) is 15.7. The van der Waals surface area contributed by atoms with Crippen LogP contribution >= 0.6 is 0 Å². The number of amides is 2. The van der Waals surface area contributed by atoms with Crippen LogP contribution in [0, 0.1) is 5.92 Å². The van der Waals surface area contributed by atoms with Gasteiger partial charge in [0.1, 0.15) is 0 Å². The van der Waals surface area contributed by atoms with E-state index in [0.29, 0.717) is 0 Å². The van der Waals surface area contributed by atoms with Crippen LogP contribution in [0.4, 0.5) is 5.69 Å². The predicted molar refractivity (Wildman–Crippen MR) is 104 cm³/mol. The van der Waals surface area contributed by atoms with Gasteiger partial charge in [-0.1, -0.05) is 62.4 Å². The lowest BCUT2D eigenvalue weighted by molar-refractivity contribution is -0.127. The number of hydrogen-bond acceptors (Lipinski definition) is 2. The largest absolute Gasteiger partial charge is 0.338 e. The van der Waals surface area contributed by atoms with Crippen LogP contribution in [0.25, 0.3) is 0 Å². The Labute approximate surface area is 155 Å². The lowest BCUT2D eigenvalue weighted by Crippen LogP contribution is -2.30. The lowest BCUT2D eigenvalue weighted by Gasteiger charge is -2.25. The van der Waals surface area contributed by atoms with Crippen molar-refractivity contribution in [3.05, 3.63) is 65.2 Å². The van der Waals surface area contributed by atoms with Crippen LogP contribution in [-0.2, 0) is 22.4 Å². The number of carbonyl (C=O) groups is 2. The summed E-state index contributed by atoms with van der Waals surface area (Å²) in [5.74, 6) is -0.449. The summed E-state index contributed by atoms with van der Waals surface area (Å²) in [6.45, 7) is 4.17. The van der Waals surface area contributed by atoms with E-state index >= 15 is 0 Å². The van der Waals surface area contributed by atoms with Crippen molar-refractivity contribution in [3.8, 4) is 0 Å². The van der Waals surface area contributed by atoms with Gasteiger partial charge in [0.15, 0.2) is 0 Å². The molecule has 0 unspecified atom stereocenters. The van der Waals surface area contributed by atoms with Crippen molar-refractivity contribution in [3.63, 3.8) is 0 Å². The highest BCUT2D eigenvalue weighted by Gasteiger charge is 2.42. The molecule has 1 fully saturated rings. The van der Waals surface area contributed by atoms with Gasteiger partial charge in [-0.2, -0.15) is 0 Å². The highest BCUT2D eigenvalue weighted by atomic mass is 16.2. The van der Waals surface area contributed by atoms with Gasteiger partial charge in [-0.25, -0.2) is 0 Å². The summed E-state index contributed by atoms with van der Waals surface area (Å²) in [7, 11) is 1.78. The fourth-order valence-electron chi connectivity index (χ4n) is 3.83.